The van der Waals surface area contributed by atoms with Gasteiger partial charge in [-0.2, -0.15) is 0 Å². The molecule has 0 spiro atoms. The van der Waals surface area contributed by atoms with E-state index in [1.54, 1.807) is 13.0 Å². The van der Waals surface area contributed by atoms with Crippen molar-refractivity contribution in [3.8, 4) is 0 Å². The fourth-order valence-electron chi connectivity index (χ4n) is 0.906. The molecule has 0 aromatic heterocycles. The molecule has 0 aliphatic rings. The van der Waals surface area contributed by atoms with Crippen molar-refractivity contribution in [2.75, 3.05) is 0 Å². The first-order chi connectivity index (χ1) is 5.39. The Kier molecular flexibility index (Phi) is 4.13. The number of aliphatic hydroxyl groups excluding tert-OH is 1. The SMILES string of the molecule is C=CCC(C)(O)CC(=O)C(C)O. The van der Waals surface area contributed by atoms with Crippen LogP contribution in [0.15, 0.2) is 12.7 Å². The van der Waals surface area contributed by atoms with Gasteiger partial charge in [0.15, 0.2) is 5.78 Å². The first-order valence-corrected chi connectivity index (χ1v) is 3.93. The summed E-state index contributed by atoms with van der Waals surface area (Å²) in [6.07, 6.45) is 0.874. The van der Waals surface area contributed by atoms with Gasteiger partial charge in [0.25, 0.3) is 0 Å². The minimum absolute atomic E-state index is 0.0311. The summed E-state index contributed by atoms with van der Waals surface area (Å²) in [6, 6.07) is 0. The summed E-state index contributed by atoms with van der Waals surface area (Å²) >= 11 is 0. The molecule has 0 saturated heterocycles. The molecule has 0 heterocycles. The smallest absolute Gasteiger partial charge is 0.163 e. The summed E-state index contributed by atoms with van der Waals surface area (Å²) in [4.78, 5) is 11.0. The molecule has 3 nitrogen and oxygen atoms in total. The molecule has 0 aromatic rings. The first kappa shape index (κ1) is 11.3. The van der Waals surface area contributed by atoms with Crippen molar-refractivity contribution in [2.45, 2.75) is 38.4 Å². The van der Waals surface area contributed by atoms with Gasteiger partial charge in [0.1, 0.15) is 6.10 Å². The highest BCUT2D eigenvalue weighted by Crippen LogP contribution is 2.15. The molecule has 0 rings (SSSR count). The topological polar surface area (TPSA) is 57.5 Å². The van der Waals surface area contributed by atoms with Crippen molar-refractivity contribution in [1.29, 1.82) is 0 Å². The van der Waals surface area contributed by atoms with Crippen LogP contribution in [-0.2, 0) is 4.79 Å². The fourth-order valence-corrected chi connectivity index (χ4v) is 0.906. The average molecular weight is 172 g/mol. The predicted octanol–water partition coefficient (Wildman–Crippen LogP) is 0.653. The van der Waals surface area contributed by atoms with Crippen molar-refractivity contribution in [3.05, 3.63) is 12.7 Å². The van der Waals surface area contributed by atoms with Gasteiger partial charge in [-0.25, -0.2) is 0 Å². The number of hydrogen-bond donors (Lipinski definition) is 2. The van der Waals surface area contributed by atoms with Crippen LogP contribution >= 0.6 is 0 Å². The summed E-state index contributed by atoms with van der Waals surface area (Å²) in [6.45, 7) is 6.41. The molecule has 70 valence electrons. The Labute approximate surface area is 72.7 Å². The molecule has 12 heavy (non-hydrogen) atoms. The van der Waals surface area contributed by atoms with E-state index in [1.165, 1.54) is 6.92 Å². The number of rotatable bonds is 5. The van der Waals surface area contributed by atoms with Crippen molar-refractivity contribution < 1.29 is 15.0 Å². The van der Waals surface area contributed by atoms with E-state index in [0.717, 1.165) is 0 Å². The number of carbonyl (C=O) groups is 1. The average Bonchev–Trinajstić information content (AvgIpc) is 1.85. The number of ketones is 1. The summed E-state index contributed by atoms with van der Waals surface area (Å²) in [7, 11) is 0. The van der Waals surface area contributed by atoms with Crippen LogP contribution < -0.4 is 0 Å². The minimum atomic E-state index is -1.07. The summed E-state index contributed by atoms with van der Waals surface area (Å²) in [5, 5.41) is 18.4. The van der Waals surface area contributed by atoms with Gasteiger partial charge in [-0.15, -0.1) is 6.58 Å². The molecule has 0 bridgehead atoms. The lowest BCUT2D eigenvalue weighted by molar-refractivity contribution is -0.130. The number of aliphatic hydroxyl groups is 2. The van der Waals surface area contributed by atoms with E-state index in [2.05, 4.69) is 6.58 Å². The van der Waals surface area contributed by atoms with E-state index in [-0.39, 0.29) is 12.2 Å². The molecule has 0 aliphatic heterocycles. The normalized spacial score (nSPS) is 18.0. The lowest BCUT2D eigenvalue weighted by Crippen LogP contribution is -2.31. The second-order valence-electron chi connectivity index (χ2n) is 3.31. The molecular weight excluding hydrogens is 156 g/mol. The summed E-state index contributed by atoms with van der Waals surface area (Å²) in [5.74, 6) is -0.346. The molecule has 3 heteroatoms. The van der Waals surface area contributed by atoms with Crippen LogP contribution in [-0.4, -0.2) is 27.7 Å². The van der Waals surface area contributed by atoms with Crippen molar-refractivity contribution in [1.82, 2.24) is 0 Å². The Morgan fingerprint density at radius 2 is 2.25 bits per heavy atom. The third-order valence-corrected chi connectivity index (χ3v) is 1.61. The van der Waals surface area contributed by atoms with Gasteiger partial charge in [-0.1, -0.05) is 6.08 Å². The maximum Gasteiger partial charge on any atom is 0.163 e. The van der Waals surface area contributed by atoms with Crippen molar-refractivity contribution in [3.63, 3.8) is 0 Å². The van der Waals surface area contributed by atoms with E-state index in [0.29, 0.717) is 6.42 Å². The summed E-state index contributed by atoms with van der Waals surface area (Å²) < 4.78 is 0. The predicted molar refractivity (Wildman–Crippen MR) is 46.7 cm³/mol. The lowest BCUT2D eigenvalue weighted by Gasteiger charge is -2.20. The Hall–Kier alpha value is -0.670. The lowest BCUT2D eigenvalue weighted by atomic mass is 9.94. The molecular formula is C9H16O3. The van der Waals surface area contributed by atoms with E-state index in [4.69, 9.17) is 5.11 Å². The number of hydrogen-bond acceptors (Lipinski definition) is 3. The van der Waals surface area contributed by atoms with E-state index >= 15 is 0 Å². The van der Waals surface area contributed by atoms with Crippen LogP contribution in [0, 0.1) is 0 Å². The van der Waals surface area contributed by atoms with Gasteiger partial charge in [0, 0.05) is 6.42 Å². The molecule has 2 unspecified atom stereocenters. The van der Waals surface area contributed by atoms with Crippen LogP contribution in [0.3, 0.4) is 0 Å². The highest BCUT2D eigenvalue weighted by Gasteiger charge is 2.24. The molecule has 2 atom stereocenters. The molecule has 0 amide bonds. The van der Waals surface area contributed by atoms with Gasteiger partial charge in [0.05, 0.1) is 5.60 Å². The van der Waals surface area contributed by atoms with Crippen LogP contribution in [0.1, 0.15) is 26.7 Å². The molecule has 0 aromatic carbocycles. The zero-order chi connectivity index (χ0) is 9.78. The molecule has 0 fully saturated rings. The van der Waals surface area contributed by atoms with Gasteiger partial charge in [-0.3, -0.25) is 4.79 Å². The van der Waals surface area contributed by atoms with Gasteiger partial charge in [0.2, 0.25) is 0 Å². The molecule has 2 N–H and O–H groups in total. The second-order valence-corrected chi connectivity index (χ2v) is 3.31. The Morgan fingerprint density at radius 1 is 1.75 bits per heavy atom. The van der Waals surface area contributed by atoms with Crippen molar-refractivity contribution in [2.24, 2.45) is 0 Å². The van der Waals surface area contributed by atoms with E-state index in [9.17, 15) is 9.90 Å². The van der Waals surface area contributed by atoms with Crippen LogP contribution in [0.5, 0.6) is 0 Å². The summed E-state index contributed by atoms with van der Waals surface area (Å²) in [5.41, 5.74) is -1.07. The largest absolute Gasteiger partial charge is 0.389 e. The first-order valence-electron chi connectivity index (χ1n) is 3.93. The van der Waals surface area contributed by atoms with Gasteiger partial charge < -0.3 is 10.2 Å². The van der Waals surface area contributed by atoms with Gasteiger partial charge >= 0.3 is 0 Å². The Morgan fingerprint density at radius 3 is 2.58 bits per heavy atom. The maximum absolute atomic E-state index is 11.0. The zero-order valence-electron chi connectivity index (χ0n) is 7.58. The van der Waals surface area contributed by atoms with E-state index in [1.807, 2.05) is 0 Å². The highest BCUT2D eigenvalue weighted by molar-refractivity contribution is 5.83. The standard InChI is InChI=1S/C9H16O3/c1-4-5-9(3,12)6-8(11)7(2)10/h4,7,10,12H,1,5-6H2,2-3H3. The molecule has 0 aliphatic carbocycles. The van der Waals surface area contributed by atoms with E-state index < -0.39 is 11.7 Å². The monoisotopic (exact) mass is 172 g/mol. The highest BCUT2D eigenvalue weighted by atomic mass is 16.3. The molecule has 0 radical (unpaired) electrons. The van der Waals surface area contributed by atoms with Gasteiger partial charge in [-0.05, 0) is 20.3 Å². The Balaban J connectivity index is 4.05. The van der Waals surface area contributed by atoms with Crippen LogP contribution in [0.4, 0.5) is 0 Å². The second kappa shape index (κ2) is 4.38. The quantitative estimate of drug-likeness (QED) is 0.599. The van der Waals surface area contributed by atoms with Crippen LogP contribution in [0.2, 0.25) is 0 Å². The van der Waals surface area contributed by atoms with Crippen LogP contribution in [0.25, 0.3) is 0 Å². The third kappa shape index (κ3) is 4.26. The maximum atomic E-state index is 11.0. The van der Waals surface area contributed by atoms with Crippen molar-refractivity contribution >= 4 is 5.78 Å². The molecule has 0 saturated carbocycles. The number of carbonyl (C=O) groups excluding carboxylic acids is 1. The Bertz CT molecular complexity index is 171. The third-order valence-electron chi connectivity index (χ3n) is 1.61. The minimum Gasteiger partial charge on any atom is -0.389 e. The number of Topliss-reactive ketones (excluding diaryl/α,β-unsaturated/α-hetero) is 1. The fraction of sp³-hybridized carbons (Fsp3) is 0.667. The zero-order valence-corrected chi connectivity index (χ0v) is 7.58.